The molecule has 0 aliphatic carbocycles. The van der Waals surface area contributed by atoms with Crippen molar-refractivity contribution in [2.24, 2.45) is 0 Å². The summed E-state index contributed by atoms with van der Waals surface area (Å²) < 4.78 is 9.22. The first-order chi connectivity index (χ1) is 8.88. The van der Waals surface area contributed by atoms with Crippen molar-refractivity contribution in [2.45, 2.75) is 0 Å². The van der Waals surface area contributed by atoms with Crippen molar-refractivity contribution in [1.82, 2.24) is 9.13 Å². The third-order valence-electron chi connectivity index (χ3n) is 2.88. The maximum absolute atomic E-state index is 5.16. The van der Waals surface area contributed by atoms with Crippen molar-refractivity contribution >= 4 is 0 Å². The van der Waals surface area contributed by atoms with E-state index in [4.69, 9.17) is 4.74 Å². The number of hydrogen-bond donors (Lipinski definition) is 0. The van der Waals surface area contributed by atoms with Crippen molar-refractivity contribution in [3.63, 3.8) is 0 Å². The van der Waals surface area contributed by atoms with E-state index in [-0.39, 0.29) is 0 Å². The highest BCUT2D eigenvalue weighted by Crippen LogP contribution is 2.26. The predicted molar refractivity (Wildman–Crippen MR) is 71.1 cm³/mol. The predicted octanol–water partition coefficient (Wildman–Crippen LogP) is 3.44. The monoisotopic (exact) mass is 237 g/mol. The Hall–Kier alpha value is -2.42. The van der Waals surface area contributed by atoms with Gasteiger partial charge in [-0.3, -0.25) is 0 Å². The minimum absolute atomic E-state index is 0.752. The van der Waals surface area contributed by atoms with Crippen LogP contribution in [0.3, 0.4) is 0 Å². The summed E-state index contributed by atoms with van der Waals surface area (Å²) in [5.41, 5.74) is 2.06. The van der Waals surface area contributed by atoms with Crippen LogP contribution in [0.1, 0.15) is 0 Å². The van der Waals surface area contributed by atoms with Crippen molar-refractivity contribution in [3.8, 4) is 17.1 Å². The minimum atomic E-state index is 0.752. The van der Waals surface area contributed by atoms with Gasteiger partial charge in [-0.2, -0.15) is 0 Å². The first-order valence-corrected chi connectivity index (χ1v) is 5.71. The first-order valence-electron chi connectivity index (χ1n) is 5.71. The van der Waals surface area contributed by atoms with Gasteiger partial charge in [0.2, 0.25) is 0 Å². The fourth-order valence-electron chi connectivity index (χ4n) is 1.99. The second-order valence-electron chi connectivity index (χ2n) is 3.98. The van der Waals surface area contributed by atoms with Crippen LogP contribution in [-0.2, 0) is 0 Å². The van der Waals surface area contributed by atoms with Gasteiger partial charge in [-0.15, -0.1) is 0 Å². The van der Waals surface area contributed by atoms with E-state index in [1.54, 1.807) is 0 Å². The molecule has 0 unspecified atom stereocenters. The lowest BCUT2D eigenvalue weighted by Gasteiger charge is -2.12. The molecule has 0 bridgehead atoms. The van der Waals surface area contributed by atoms with E-state index in [0.29, 0.717) is 0 Å². The van der Waals surface area contributed by atoms with Gasteiger partial charge >= 0.3 is 0 Å². The number of benzene rings is 1. The van der Waals surface area contributed by atoms with Gasteiger partial charge in [0.1, 0.15) is 12.9 Å². The molecule has 0 aliphatic heterocycles. The van der Waals surface area contributed by atoms with Crippen LogP contribution in [0.25, 0.3) is 11.4 Å². The van der Waals surface area contributed by atoms with E-state index in [0.717, 1.165) is 17.1 Å². The van der Waals surface area contributed by atoms with Crippen molar-refractivity contribution in [1.29, 1.82) is 0 Å². The second kappa shape index (κ2) is 4.45. The zero-order chi connectivity index (χ0) is 12.4. The Morgan fingerprint density at radius 2 is 1.44 bits per heavy atom. The molecule has 2 heterocycles. The molecule has 0 fully saturated rings. The fraction of sp³-hybridized carbons (Fsp3) is 0. The molecule has 1 aromatic carbocycles. The lowest BCUT2D eigenvalue weighted by Crippen LogP contribution is -1.97. The molecule has 0 saturated carbocycles. The number of rotatable bonds is 3. The Morgan fingerprint density at radius 1 is 0.833 bits per heavy atom. The molecule has 0 N–H and O–H groups in total. The average Bonchev–Trinajstić information content (AvgIpc) is 3.11. The lowest BCUT2D eigenvalue weighted by atomic mass is 10.2. The van der Waals surface area contributed by atoms with E-state index < -0.39 is 0 Å². The summed E-state index contributed by atoms with van der Waals surface area (Å²) in [6.45, 7) is 0. The molecule has 3 heteroatoms. The summed E-state index contributed by atoms with van der Waals surface area (Å²) in [6.07, 6.45) is 7.99. The Balaban J connectivity index is 2.14. The van der Waals surface area contributed by atoms with Gasteiger partial charge in [0.05, 0.1) is 5.69 Å². The van der Waals surface area contributed by atoms with Gasteiger partial charge in [0, 0.05) is 30.5 Å². The van der Waals surface area contributed by atoms with E-state index in [1.807, 2.05) is 65.8 Å². The van der Waals surface area contributed by atoms with Gasteiger partial charge in [0.15, 0.2) is 0 Å². The van der Waals surface area contributed by atoms with Crippen LogP contribution in [0, 0.1) is 7.11 Å². The van der Waals surface area contributed by atoms with Crippen LogP contribution in [0.15, 0.2) is 67.3 Å². The smallest absolute Gasteiger partial charge is 0.143 e. The summed E-state index contributed by atoms with van der Waals surface area (Å²) in [6, 6.07) is 14.0. The third-order valence-corrected chi connectivity index (χ3v) is 2.88. The molecule has 0 spiro atoms. The van der Waals surface area contributed by atoms with Gasteiger partial charge in [-0.25, -0.2) is 0 Å². The summed E-state index contributed by atoms with van der Waals surface area (Å²) in [5, 5.41) is 0. The standard InChI is InChI=1S/C15H13N2O/c1-18-15-7-6-13(16-8-2-3-9-16)12-14(15)17-10-4-5-11-17/h2-12H,1H2. The molecule has 0 atom stereocenters. The zero-order valence-corrected chi connectivity index (χ0v) is 9.86. The van der Waals surface area contributed by atoms with E-state index in [1.165, 1.54) is 0 Å². The van der Waals surface area contributed by atoms with E-state index in [9.17, 15) is 0 Å². The van der Waals surface area contributed by atoms with Crippen molar-refractivity contribution < 1.29 is 4.74 Å². The quantitative estimate of drug-likeness (QED) is 0.682. The third kappa shape index (κ3) is 1.80. The number of hydrogen-bond acceptors (Lipinski definition) is 1. The number of nitrogens with zero attached hydrogens (tertiary/aromatic N) is 2. The van der Waals surface area contributed by atoms with Gasteiger partial charge in [-0.05, 0) is 42.5 Å². The van der Waals surface area contributed by atoms with Crippen molar-refractivity contribution in [3.05, 3.63) is 74.4 Å². The Morgan fingerprint density at radius 3 is 2.06 bits per heavy atom. The molecule has 2 aromatic heterocycles. The molecule has 18 heavy (non-hydrogen) atoms. The summed E-state index contributed by atoms with van der Waals surface area (Å²) in [5.74, 6) is 0.752. The number of ether oxygens (including phenoxy) is 1. The molecule has 0 aliphatic rings. The molecular weight excluding hydrogens is 224 g/mol. The molecule has 1 radical (unpaired) electrons. The van der Waals surface area contributed by atoms with Gasteiger partial charge in [-0.1, -0.05) is 0 Å². The molecule has 3 aromatic rings. The second-order valence-corrected chi connectivity index (χ2v) is 3.98. The maximum atomic E-state index is 5.16. The molecule has 89 valence electrons. The van der Waals surface area contributed by atoms with Crippen LogP contribution >= 0.6 is 0 Å². The summed E-state index contributed by atoms with van der Waals surface area (Å²) in [7, 11) is 3.50. The number of aromatic nitrogens is 2. The first kappa shape index (κ1) is 10.7. The maximum Gasteiger partial charge on any atom is 0.143 e. The Kier molecular flexibility index (Phi) is 2.65. The molecule has 3 rings (SSSR count). The van der Waals surface area contributed by atoms with Gasteiger partial charge < -0.3 is 13.9 Å². The van der Waals surface area contributed by atoms with Crippen LogP contribution in [0.4, 0.5) is 0 Å². The minimum Gasteiger partial charge on any atom is -0.488 e. The van der Waals surface area contributed by atoms with E-state index in [2.05, 4.69) is 17.7 Å². The fourth-order valence-corrected chi connectivity index (χ4v) is 1.99. The van der Waals surface area contributed by atoms with Crippen molar-refractivity contribution in [2.75, 3.05) is 0 Å². The molecule has 0 saturated heterocycles. The molecule has 0 amide bonds. The zero-order valence-electron chi connectivity index (χ0n) is 9.86. The summed E-state index contributed by atoms with van der Waals surface area (Å²) in [4.78, 5) is 0. The highest BCUT2D eigenvalue weighted by Gasteiger charge is 2.06. The average molecular weight is 237 g/mol. The van der Waals surface area contributed by atoms with E-state index >= 15 is 0 Å². The topological polar surface area (TPSA) is 19.1 Å². The Labute approximate surface area is 106 Å². The summed E-state index contributed by atoms with van der Waals surface area (Å²) >= 11 is 0. The largest absolute Gasteiger partial charge is 0.488 e. The van der Waals surface area contributed by atoms with Crippen LogP contribution in [0.2, 0.25) is 0 Å². The molecule has 3 nitrogen and oxygen atoms in total. The molecular formula is C15H13N2O. The SMILES string of the molecule is [CH2]Oc1ccc(-n2cccc2)cc1-n1cccc1. The highest BCUT2D eigenvalue weighted by molar-refractivity contribution is 5.54. The Bertz CT molecular complexity index is 625. The van der Waals surface area contributed by atoms with Crippen LogP contribution in [-0.4, -0.2) is 9.13 Å². The van der Waals surface area contributed by atoms with Crippen LogP contribution < -0.4 is 4.74 Å². The highest BCUT2D eigenvalue weighted by atomic mass is 16.5. The van der Waals surface area contributed by atoms with Crippen LogP contribution in [0.5, 0.6) is 5.75 Å². The normalized spacial score (nSPS) is 10.5. The lowest BCUT2D eigenvalue weighted by molar-refractivity contribution is 0.470. The van der Waals surface area contributed by atoms with Gasteiger partial charge in [0.25, 0.3) is 0 Å².